The van der Waals surface area contributed by atoms with Gasteiger partial charge in [0.15, 0.2) is 5.78 Å². The second-order valence-electron chi connectivity index (χ2n) is 4.65. The van der Waals surface area contributed by atoms with E-state index in [1.54, 1.807) is 7.11 Å². The number of hydrogen-bond acceptors (Lipinski definition) is 3. The van der Waals surface area contributed by atoms with Crippen LogP contribution in [-0.4, -0.2) is 12.9 Å². The molecule has 4 heteroatoms. The monoisotopic (exact) mass is 272 g/mol. The van der Waals surface area contributed by atoms with Crippen molar-refractivity contribution in [1.29, 1.82) is 0 Å². The van der Waals surface area contributed by atoms with Gasteiger partial charge in [0, 0.05) is 0 Å². The number of carbonyl (C=O) groups is 1. The van der Waals surface area contributed by atoms with Crippen LogP contribution in [0.4, 0.5) is 4.39 Å². The highest BCUT2D eigenvalue weighted by atomic mass is 19.1. The molecule has 0 saturated heterocycles. The third-order valence-electron chi connectivity index (χ3n) is 3.37. The van der Waals surface area contributed by atoms with E-state index in [1.165, 1.54) is 18.2 Å². The molecule has 0 amide bonds. The average molecular weight is 272 g/mol. The normalized spacial score (nSPS) is 17.3. The number of carbonyl (C=O) groups excluding carboxylic acids is 1. The summed E-state index contributed by atoms with van der Waals surface area (Å²) in [4.78, 5) is 12.1. The van der Waals surface area contributed by atoms with Crippen molar-refractivity contribution in [3.05, 3.63) is 59.4 Å². The SMILES string of the molecule is COc1ccc([C@@H]2CC(=O)c3cc(F)ccc3O2)cc1. The number of halogens is 1. The molecule has 1 heterocycles. The Bertz CT molecular complexity index is 649. The molecule has 0 unspecified atom stereocenters. The van der Waals surface area contributed by atoms with Crippen LogP contribution < -0.4 is 9.47 Å². The molecule has 3 nitrogen and oxygen atoms in total. The summed E-state index contributed by atoms with van der Waals surface area (Å²) in [7, 11) is 1.60. The van der Waals surface area contributed by atoms with Crippen molar-refractivity contribution >= 4 is 5.78 Å². The lowest BCUT2D eigenvalue weighted by Gasteiger charge is -2.25. The lowest BCUT2D eigenvalue weighted by atomic mass is 9.96. The smallest absolute Gasteiger partial charge is 0.170 e. The van der Waals surface area contributed by atoms with Crippen molar-refractivity contribution in [3.63, 3.8) is 0 Å². The fourth-order valence-electron chi connectivity index (χ4n) is 2.30. The van der Waals surface area contributed by atoms with E-state index < -0.39 is 5.82 Å². The first-order chi connectivity index (χ1) is 9.67. The number of rotatable bonds is 2. The zero-order chi connectivity index (χ0) is 14.1. The number of Topliss-reactive ketones (excluding diaryl/α,β-unsaturated/α-hetero) is 1. The molecule has 0 bridgehead atoms. The Morgan fingerprint density at radius 3 is 2.65 bits per heavy atom. The summed E-state index contributed by atoms with van der Waals surface area (Å²) >= 11 is 0. The first-order valence-electron chi connectivity index (χ1n) is 6.31. The average Bonchev–Trinajstić information content (AvgIpc) is 2.48. The maximum atomic E-state index is 13.1. The quantitative estimate of drug-likeness (QED) is 0.838. The molecule has 1 aliphatic rings. The molecule has 0 aliphatic carbocycles. The van der Waals surface area contributed by atoms with E-state index in [9.17, 15) is 9.18 Å². The Balaban J connectivity index is 1.90. The first kappa shape index (κ1) is 12.7. The van der Waals surface area contributed by atoms with Gasteiger partial charge in [-0.3, -0.25) is 4.79 Å². The van der Waals surface area contributed by atoms with Crippen molar-refractivity contribution in [1.82, 2.24) is 0 Å². The first-order valence-corrected chi connectivity index (χ1v) is 6.31. The van der Waals surface area contributed by atoms with E-state index in [1.807, 2.05) is 24.3 Å². The van der Waals surface area contributed by atoms with Gasteiger partial charge in [-0.05, 0) is 35.9 Å². The Morgan fingerprint density at radius 1 is 1.20 bits per heavy atom. The Labute approximate surface area is 115 Å². The van der Waals surface area contributed by atoms with Crippen LogP contribution in [0.3, 0.4) is 0 Å². The third-order valence-corrected chi connectivity index (χ3v) is 3.37. The largest absolute Gasteiger partial charge is 0.497 e. The van der Waals surface area contributed by atoms with Gasteiger partial charge in [-0.2, -0.15) is 0 Å². The van der Waals surface area contributed by atoms with Crippen molar-refractivity contribution in [2.24, 2.45) is 0 Å². The third kappa shape index (κ3) is 2.25. The molecule has 0 N–H and O–H groups in total. The van der Waals surface area contributed by atoms with Gasteiger partial charge < -0.3 is 9.47 Å². The lowest BCUT2D eigenvalue weighted by molar-refractivity contribution is 0.0849. The minimum absolute atomic E-state index is 0.105. The predicted molar refractivity (Wildman–Crippen MR) is 71.7 cm³/mol. The van der Waals surface area contributed by atoms with Crippen molar-refractivity contribution in [3.8, 4) is 11.5 Å². The molecular formula is C16H13FO3. The highest BCUT2D eigenvalue weighted by Crippen LogP contribution is 2.35. The van der Waals surface area contributed by atoms with E-state index in [4.69, 9.17) is 9.47 Å². The molecule has 0 radical (unpaired) electrons. The maximum Gasteiger partial charge on any atom is 0.170 e. The Hall–Kier alpha value is -2.36. The number of ketones is 1. The Morgan fingerprint density at radius 2 is 1.95 bits per heavy atom. The second-order valence-corrected chi connectivity index (χ2v) is 4.65. The number of fused-ring (bicyclic) bond motifs is 1. The Kier molecular flexibility index (Phi) is 3.14. The summed E-state index contributed by atoms with van der Waals surface area (Å²) in [6, 6.07) is 11.4. The zero-order valence-electron chi connectivity index (χ0n) is 10.9. The number of hydrogen-bond donors (Lipinski definition) is 0. The molecule has 1 atom stereocenters. The molecule has 20 heavy (non-hydrogen) atoms. The minimum Gasteiger partial charge on any atom is -0.497 e. The van der Waals surface area contributed by atoms with Crippen LogP contribution in [0.2, 0.25) is 0 Å². The number of benzene rings is 2. The molecule has 2 aromatic rings. The van der Waals surface area contributed by atoms with E-state index in [-0.39, 0.29) is 18.3 Å². The molecule has 1 aliphatic heterocycles. The van der Waals surface area contributed by atoms with Gasteiger partial charge in [0.05, 0.1) is 19.1 Å². The van der Waals surface area contributed by atoms with Gasteiger partial charge in [0.25, 0.3) is 0 Å². The fourth-order valence-corrected chi connectivity index (χ4v) is 2.30. The van der Waals surface area contributed by atoms with Gasteiger partial charge >= 0.3 is 0 Å². The molecule has 3 rings (SSSR count). The summed E-state index contributed by atoms with van der Waals surface area (Å²) < 4.78 is 24.0. The fraction of sp³-hybridized carbons (Fsp3) is 0.188. The standard InChI is InChI=1S/C16H13FO3/c1-19-12-5-2-10(3-6-12)16-9-14(18)13-8-11(17)4-7-15(13)20-16/h2-8,16H,9H2,1H3/t16-/m0/s1. The molecule has 0 saturated carbocycles. The second kappa shape index (κ2) is 4.96. The highest BCUT2D eigenvalue weighted by Gasteiger charge is 2.27. The van der Waals surface area contributed by atoms with Gasteiger partial charge in [-0.1, -0.05) is 12.1 Å². The topological polar surface area (TPSA) is 35.5 Å². The van der Waals surface area contributed by atoms with Crippen LogP contribution in [0.1, 0.15) is 28.4 Å². The van der Waals surface area contributed by atoms with Crippen LogP contribution >= 0.6 is 0 Å². The number of methoxy groups -OCH3 is 1. The van der Waals surface area contributed by atoms with Gasteiger partial charge in [-0.15, -0.1) is 0 Å². The summed E-state index contributed by atoms with van der Waals surface area (Å²) in [5, 5.41) is 0. The molecule has 2 aromatic carbocycles. The van der Waals surface area contributed by atoms with Crippen LogP contribution in [0.15, 0.2) is 42.5 Å². The maximum absolute atomic E-state index is 13.1. The summed E-state index contributed by atoms with van der Waals surface area (Å²) in [5.74, 6) is 0.650. The van der Waals surface area contributed by atoms with Crippen molar-refractivity contribution in [2.75, 3.05) is 7.11 Å². The van der Waals surface area contributed by atoms with E-state index in [2.05, 4.69) is 0 Å². The molecule has 102 valence electrons. The molecule has 0 fully saturated rings. The molecule has 0 aromatic heterocycles. The van der Waals surface area contributed by atoms with Crippen LogP contribution in [-0.2, 0) is 0 Å². The summed E-state index contributed by atoms with van der Waals surface area (Å²) in [6.07, 6.45) is -0.130. The van der Waals surface area contributed by atoms with Crippen LogP contribution in [0.5, 0.6) is 11.5 Å². The predicted octanol–water partition coefficient (Wildman–Crippen LogP) is 3.54. The van der Waals surface area contributed by atoms with Gasteiger partial charge in [-0.25, -0.2) is 4.39 Å². The van der Waals surface area contributed by atoms with Crippen molar-refractivity contribution in [2.45, 2.75) is 12.5 Å². The van der Waals surface area contributed by atoms with Crippen LogP contribution in [0.25, 0.3) is 0 Å². The number of ether oxygens (including phenoxy) is 2. The lowest BCUT2D eigenvalue weighted by Crippen LogP contribution is -2.20. The van der Waals surface area contributed by atoms with Gasteiger partial charge in [0.2, 0.25) is 0 Å². The highest BCUT2D eigenvalue weighted by molar-refractivity contribution is 6.00. The zero-order valence-corrected chi connectivity index (χ0v) is 10.9. The molecule has 0 spiro atoms. The summed E-state index contributed by atoms with van der Waals surface area (Å²) in [6.45, 7) is 0. The van der Waals surface area contributed by atoms with Gasteiger partial charge in [0.1, 0.15) is 23.4 Å². The van der Waals surface area contributed by atoms with E-state index in [0.29, 0.717) is 11.3 Å². The van der Waals surface area contributed by atoms with Crippen LogP contribution in [0, 0.1) is 5.82 Å². The van der Waals surface area contributed by atoms with E-state index in [0.717, 1.165) is 11.3 Å². The molecular weight excluding hydrogens is 259 g/mol. The minimum atomic E-state index is -0.427. The van der Waals surface area contributed by atoms with Crippen molar-refractivity contribution < 1.29 is 18.7 Å². The van der Waals surface area contributed by atoms with E-state index >= 15 is 0 Å². The summed E-state index contributed by atoms with van der Waals surface area (Å²) in [5.41, 5.74) is 1.21.